The van der Waals surface area contributed by atoms with Gasteiger partial charge in [-0.2, -0.15) is 0 Å². The Morgan fingerprint density at radius 3 is 3.00 bits per heavy atom. The topological polar surface area (TPSA) is 35.5 Å². The van der Waals surface area contributed by atoms with Gasteiger partial charge in [0, 0.05) is 31.9 Å². The van der Waals surface area contributed by atoms with E-state index in [0.29, 0.717) is 0 Å². The maximum atomic E-state index is 9.97. The van der Waals surface area contributed by atoms with Crippen molar-refractivity contribution in [2.24, 2.45) is 0 Å². The number of benzene rings is 1. The lowest BCUT2D eigenvalue weighted by molar-refractivity contribution is 0.0902. The summed E-state index contributed by atoms with van der Waals surface area (Å²) in [6, 6.07) is 7.05. The third-order valence-corrected chi connectivity index (χ3v) is 4.57. The lowest BCUT2D eigenvalue weighted by atomic mass is 9.92. The summed E-state index contributed by atoms with van der Waals surface area (Å²) in [7, 11) is 2.15. The van der Waals surface area contributed by atoms with Crippen molar-refractivity contribution in [2.45, 2.75) is 50.8 Å². The number of anilines is 1. The van der Waals surface area contributed by atoms with Gasteiger partial charge in [0.15, 0.2) is 0 Å². The second-order valence-corrected chi connectivity index (χ2v) is 5.97. The van der Waals surface area contributed by atoms with Gasteiger partial charge in [-0.1, -0.05) is 25.0 Å². The van der Waals surface area contributed by atoms with Gasteiger partial charge in [-0.05, 0) is 36.5 Å². The van der Waals surface area contributed by atoms with Crippen LogP contribution in [-0.4, -0.2) is 30.8 Å². The van der Waals surface area contributed by atoms with Crippen LogP contribution in [0, 0.1) is 0 Å². The molecule has 104 valence electrons. The molecule has 3 nitrogen and oxygen atoms in total. The van der Waals surface area contributed by atoms with Gasteiger partial charge < -0.3 is 15.3 Å². The van der Waals surface area contributed by atoms with Crippen LogP contribution in [0.5, 0.6) is 0 Å². The first-order valence-corrected chi connectivity index (χ1v) is 7.48. The van der Waals surface area contributed by atoms with E-state index in [4.69, 9.17) is 0 Å². The Bertz CT molecular complexity index is 446. The molecule has 0 amide bonds. The number of aliphatic hydroxyl groups is 1. The normalized spacial score (nSPS) is 26.5. The van der Waals surface area contributed by atoms with Gasteiger partial charge in [-0.3, -0.25) is 0 Å². The third-order valence-electron chi connectivity index (χ3n) is 4.57. The van der Waals surface area contributed by atoms with E-state index in [9.17, 15) is 5.11 Å². The van der Waals surface area contributed by atoms with Gasteiger partial charge in [-0.15, -0.1) is 0 Å². The molecule has 1 aromatic rings. The predicted octanol–water partition coefficient (Wildman–Crippen LogP) is 2.07. The first-order valence-electron chi connectivity index (χ1n) is 7.48. The molecule has 1 heterocycles. The highest BCUT2D eigenvalue weighted by atomic mass is 16.3. The molecule has 1 aliphatic heterocycles. The van der Waals surface area contributed by atoms with E-state index < -0.39 is 0 Å². The molecule has 0 aromatic heterocycles. The summed E-state index contributed by atoms with van der Waals surface area (Å²) in [4.78, 5) is 2.32. The van der Waals surface area contributed by atoms with E-state index >= 15 is 0 Å². The minimum Gasteiger partial charge on any atom is -0.392 e. The smallest absolute Gasteiger partial charge is 0.0693 e. The number of hydrogen-bond donors (Lipinski definition) is 2. The number of fused-ring (bicyclic) bond motifs is 1. The number of hydrogen-bond acceptors (Lipinski definition) is 3. The van der Waals surface area contributed by atoms with Gasteiger partial charge in [0.25, 0.3) is 0 Å². The summed E-state index contributed by atoms with van der Waals surface area (Å²) >= 11 is 0. The van der Waals surface area contributed by atoms with Crippen LogP contribution < -0.4 is 10.2 Å². The molecular formula is C16H24N2O. The van der Waals surface area contributed by atoms with Crippen molar-refractivity contribution >= 4 is 5.69 Å². The number of rotatable bonds is 3. The molecule has 3 heteroatoms. The maximum Gasteiger partial charge on any atom is 0.0693 e. The van der Waals surface area contributed by atoms with Gasteiger partial charge in [0.2, 0.25) is 0 Å². The van der Waals surface area contributed by atoms with Crippen LogP contribution in [0.15, 0.2) is 18.2 Å². The third kappa shape index (κ3) is 2.77. The standard InChI is InChI=1S/C16H24N2O/c1-18-9-8-13-10-12(6-7-15(13)18)11-17-14-4-2-3-5-16(14)19/h6-7,10,14,16-17,19H,2-5,8-9,11H2,1H3. The largest absolute Gasteiger partial charge is 0.392 e. The van der Waals surface area contributed by atoms with Crippen molar-refractivity contribution in [1.82, 2.24) is 5.32 Å². The molecule has 0 bridgehead atoms. The second-order valence-electron chi connectivity index (χ2n) is 5.97. The van der Waals surface area contributed by atoms with Gasteiger partial charge in [0.05, 0.1) is 6.10 Å². The molecule has 1 aromatic carbocycles. The molecule has 2 aliphatic rings. The Kier molecular flexibility index (Phi) is 3.76. The molecule has 1 saturated carbocycles. The highest BCUT2D eigenvalue weighted by molar-refractivity contribution is 5.58. The molecule has 3 rings (SSSR count). The van der Waals surface area contributed by atoms with Crippen LogP contribution >= 0.6 is 0 Å². The zero-order valence-corrected chi connectivity index (χ0v) is 11.7. The van der Waals surface area contributed by atoms with Gasteiger partial charge in [0.1, 0.15) is 0 Å². The number of likely N-dealkylation sites (N-methyl/N-ethyl adjacent to an activating group) is 1. The Labute approximate surface area is 115 Å². The summed E-state index contributed by atoms with van der Waals surface area (Å²) < 4.78 is 0. The van der Waals surface area contributed by atoms with Crippen LogP contribution in [0.3, 0.4) is 0 Å². The zero-order chi connectivity index (χ0) is 13.2. The Hall–Kier alpha value is -1.06. The number of nitrogens with zero attached hydrogens (tertiary/aromatic N) is 1. The Morgan fingerprint density at radius 1 is 1.32 bits per heavy atom. The molecule has 2 atom stereocenters. The summed E-state index contributed by atoms with van der Waals surface area (Å²) in [5.74, 6) is 0. The van der Waals surface area contributed by atoms with E-state index in [1.807, 2.05) is 0 Å². The number of aliphatic hydroxyl groups excluding tert-OH is 1. The molecule has 0 radical (unpaired) electrons. The fourth-order valence-corrected chi connectivity index (χ4v) is 3.33. The first kappa shape index (κ1) is 12.9. The minimum atomic E-state index is -0.158. The highest BCUT2D eigenvalue weighted by Crippen LogP contribution is 2.27. The Balaban J connectivity index is 1.61. The predicted molar refractivity (Wildman–Crippen MR) is 78.5 cm³/mol. The summed E-state index contributed by atoms with van der Waals surface area (Å²) in [5.41, 5.74) is 4.18. The highest BCUT2D eigenvalue weighted by Gasteiger charge is 2.22. The fourth-order valence-electron chi connectivity index (χ4n) is 3.33. The van der Waals surface area contributed by atoms with Crippen LogP contribution in [0.25, 0.3) is 0 Å². The van der Waals surface area contributed by atoms with Crippen LogP contribution in [0.2, 0.25) is 0 Å². The van der Waals surface area contributed by atoms with E-state index in [1.165, 1.54) is 29.7 Å². The first-order chi connectivity index (χ1) is 9.24. The van der Waals surface area contributed by atoms with Gasteiger partial charge >= 0.3 is 0 Å². The molecule has 0 saturated heterocycles. The average molecular weight is 260 g/mol. The van der Waals surface area contributed by atoms with E-state index in [-0.39, 0.29) is 12.1 Å². The van der Waals surface area contributed by atoms with Crippen molar-refractivity contribution in [1.29, 1.82) is 0 Å². The van der Waals surface area contributed by atoms with E-state index in [2.05, 4.69) is 35.5 Å². The molecule has 1 fully saturated rings. The Morgan fingerprint density at radius 2 is 2.16 bits per heavy atom. The molecular weight excluding hydrogens is 236 g/mol. The molecule has 19 heavy (non-hydrogen) atoms. The van der Waals surface area contributed by atoms with Crippen LogP contribution in [0.4, 0.5) is 5.69 Å². The monoisotopic (exact) mass is 260 g/mol. The SMILES string of the molecule is CN1CCc2cc(CNC3CCCCC3O)ccc21. The molecule has 0 spiro atoms. The summed E-state index contributed by atoms with van der Waals surface area (Å²) in [6.07, 6.45) is 5.47. The van der Waals surface area contributed by atoms with Crippen molar-refractivity contribution in [2.75, 3.05) is 18.5 Å². The second kappa shape index (κ2) is 5.51. The zero-order valence-electron chi connectivity index (χ0n) is 11.7. The minimum absolute atomic E-state index is 0.158. The van der Waals surface area contributed by atoms with Crippen molar-refractivity contribution in [3.05, 3.63) is 29.3 Å². The van der Waals surface area contributed by atoms with Crippen LogP contribution in [0.1, 0.15) is 36.8 Å². The fraction of sp³-hybridized carbons (Fsp3) is 0.625. The average Bonchev–Trinajstić information content (AvgIpc) is 2.79. The summed E-state index contributed by atoms with van der Waals surface area (Å²) in [6.45, 7) is 2.01. The van der Waals surface area contributed by atoms with Crippen molar-refractivity contribution in [3.8, 4) is 0 Å². The quantitative estimate of drug-likeness (QED) is 0.873. The van der Waals surface area contributed by atoms with Crippen molar-refractivity contribution < 1.29 is 5.11 Å². The van der Waals surface area contributed by atoms with Gasteiger partial charge in [-0.25, -0.2) is 0 Å². The van der Waals surface area contributed by atoms with Crippen molar-refractivity contribution in [3.63, 3.8) is 0 Å². The van der Waals surface area contributed by atoms with Crippen LogP contribution in [-0.2, 0) is 13.0 Å². The lowest BCUT2D eigenvalue weighted by Gasteiger charge is -2.28. The molecule has 2 unspecified atom stereocenters. The lowest BCUT2D eigenvalue weighted by Crippen LogP contribution is -2.41. The van der Waals surface area contributed by atoms with E-state index in [1.54, 1.807) is 0 Å². The van der Waals surface area contributed by atoms with E-state index in [0.717, 1.165) is 32.4 Å². The maximum absolute atomic E-state index is 9.97. The molecule has 1 aliphatic carbocycles. The summed E-state index contributed by atoms with van der Waals surface area (Å²) in [5, 5.41) is 13.5. The number of nitrogens with one attached hydrogen (secondary N) is 1. The molecule has 2 N–H and O–H groups in total.